The van der Waals surface area contributed by atoms with Crippen LogP contribution >= 0.6 is 0 Å². The lowest BCUT2D eigenvalue weighted by atomic mass is 10.1. The number of hydrogen-bond donors (Lipinski definition) is 0. The molecule has 4 nitrogen and oxygen atoms in total. The van der Waals surface area contributed by atoms with Gasteiger partial charge in [-0.05, 0) is 23.1 Å². The minimum absolute atomic E-state index is 0.0666. The van der Waals surface area contributed by atoms with Crippen LogP contribution in [0.25, 0.3) is 10.8 Å². The van der Waals surface area contributed by atoms with E-state index in [0.29, 0.717) is 0 Å². The first-order valence-electron chi connectivity index (χ1n) is 4.72. The Bertz CT molecular complexity index is 607. The largest absolute Gasteiger partial charge is 0.265 e. The summed E-state index contributed by atoms with van der Waals surface area (Å²) < 4.78 is 26.4. The van der Waals surface area contributed by atoms with Crippen molar-refractivity contribution in [2.24, 2.45) is 0 Å². The molecule has 2 aromatic rings. The Morgan fingerprint density at radius 2 is 2.06 bits per heavy atom. The first-order valence-corrected chi connectivity index (χ1v) is 6.53. The van der Waals surface area contributed by atoms with E-state index in [0.717, 1.165) is 22.6 Å². The minimum Gasteiger partial charge on any atom is -0.265 e. The first kappa shape index (κ1) is 11.0. The molecule has 0 aliphatic heterocycles. The SMILES string of the molecule is CS(=O)(=O)OCc1ccc2cnccc2c1. The van der Waals surface area contributed by atoms with Crippen molar-refractivity contribution in [3.05, 3.63) is 42.2 Å². The smallest absolute Gasteiger partial charge is 0.264 e. The molecule has 0 aliphatic rings. The number of pyridine rings is 1. The summed E-state index contributed by atoms with van der Waals surface area (Å²) in [5.74, 6) is 0. The Kier molecular flexibility index (Phi) is 2.89. The lowest BCUT2D eigenvalue weighted by Gasteiger charge is -2.03. The molecule has 2 rings (SSSR count). The van der Waals surface area contributed by atoms with Crippen LogP contribution in [0.3, 0.4) is 0 Å². The van der Waals surface area contributed by atoms with E-state index in [1.807, 2.05) is 24.3 Å². The van der Waals surface area contributed by atoms with Gasteiger partial charge in [0, 0.05) is 17.8 Å². The fourth-order valence-corrected chi connectivity index (χ4v) is 1.75. The zero-order chi connectivity index (χ0) is 11.6. The number of rotatable bonds is 3. The third-order valence-electron chi connectivity index (χ3n) is 2.14. The highest BCUT2D eigenvalue weighted by atomic mass is 32.2. The lowest BCUT2D eigenvalue weighted by Crippen LogP contribution is -2.02. The average molecular weight is 237 g/mol. The van der Waals surface area contributed by atoms with Crippen LogP contribution in [-0.2, 0) is 20.9 Å². The van der Waals surface area contributed by atoms with Gasteiger partial charge in [0.25, 0.3) is 10.1 Å². The zero-order valence-corrected chi connectivity index (χ0v) is 9.57. The van der Waals surface area contributed by atoms with Gasteiger partial charge in [0.15, 0.2) is 0 Å². The molecule has 0 unspecified atom stereocenters. The van der Waals surface area contributed by atoms with Crippen LogP contribution in [0.5, 0.6) is 0 Å². The van der Waals surface area contributed by atoms with Gasteiger partial charge in [0.2, 0.25) is 0 Å². The third kappa shape index (κ3) is 2.77. The second-order valence-electron chi connectivity index (χ2n) is 3.52. The van der Waals surface area contributed by atoms with Crippen molar-refractivity contribution in [3.8, 4) is 0 Å². The van der Waals surface area contributed by atoms with Crippen LogP contribution in [-0.4, -0.2) is 19.7 Å². The van der Waals surface area contributed by atoms with E-state index in [9.17, 15) is 8.42 Å². The number of fused-ring (bicyclic) bond motifs is 1. The van der Waals surface area contributed by atoms with Crippen LogP contribution in [0.15, 0.2) is 36.7 Å². The van der Waals surface area contributed by atoms with Crippen molar-refractivity contribution in [2.75, 3.05) is 6.26 Å². The fraction of sp³-hybridized carbons (Fsp3) is 0.182. The molecular formula is C11H11NO3S. The fourth-order valence-electron chi connectivity index (χ4n) is 1.40. The molecule has 16 heavy (non-hydrogen) atoms. The van der Waals surface area contributed by atoms with E-state index in [1.54, 1.807) is 12.4 Å². The third-order valence-corrected chi connectivity index (χ3v) is 2.69. The molecule has 0 aliphatic carbocycles. The van der Waals surface area contributed by atoms with Gasteiger partial charge < -0.3 is 0 Å². The summed E-state index contributed by atoms with van der Waals surface area (Å²) >= 11 is 0. The second-order valence-corrected chi connectivity index (χ2v) is 5.17. The van der Waals surface area contributed by atoms with Gasteiger partial charge in [-0.15, -0.1) is 0 Å². The summed E-state index contributed by atoms with van der Waals surface area (Å²) in [4.78, 5) is 4.00. The van der Waals surface area contributed by atoms with Crippen molar-refractivity contribution in [1.29, 1.82) is 0 Å². The maximum atomic E-state index is 10.8. The van der Waals surface area contributed by atoms with E-state index < -0.39 is 10.1 Å². The summed E-state index contributed by atoms with van der Waals surface area (Å²) in [5.41, 5.74) is 0.823. The first-order chi connectivity index (χ1) is 7.54. The van der Waals surface area contributed by atoms with Crippen LogP contribution in [0.1, 0.15) is 5.56 Å². The molecule has 0 fully saturated rings. The number of nitrogens with zero attached hydrogens (tertiary/aromatic N) is 1. The second kappa shape index (κ2) is 4.19. The van der Waals surface area contributed by atoms with Gasteiger partial charge in [-0.3, -0.25) is 9.17 Å². The average Bonchev–Trinajstić information content (AvgIpc) is 2.25. The van der Waals surface area contributed by atoms with Crippen molar-refractivity contribution in [3.63, 3.8) is 0 Å². The molecule has 0 saturated heterocycles. The van der Waals surface area contributed by atoms with E-state index in [4.69, 9.17) is 4.18 Å². The van der Waals surface area contributed by atoms with Crippen molar-refractivity contribution in [1.82, 2.24) is 4.98 Å². The monoisotopic (exact) mass is 237 g/mol. The molecule has 84 valence electrons. The highest BCUT2D eigenvalue weighted by Crippen LogP contribution is 2.15. The van der Waals surface area contributed by atoms with E-state index in [-0.39, 0.29) is 6.61 Å². The number of hydrogen-bond acceptors (Lipinski definition) is 4. The van der Waals surface area contributed by atoms with Gasteiger partial charge in [-0.2, -0.15) is 8.42 Å². The molecule has 0 bridgehead atoms. The molecule has 1 heterocycles. The normalized spacial score (nSPS) is 11.8. The molecule has 0 saturated carbocycles. The molecule has 0 amide bonds. The minimum atomic E-state index is -3.39. The predicted octanol–water partition coefficient (Wildman–Crippen LogP) is 1.71. The number of aromatic nitrogens is 1. The molecule has 0 spiro atoms. The Morgan fingerprint density at radius 1 is 1.25 bits per heavy atom. The van der Waals surface area contributed by atoms with Crippen LogP contribution in [0.4, 0.5) is 0 Å². The number of benzene rings is 1. The van der Waals surface area contributed by atoms with Crippen molar-refractivity contribution >= 4 is 20.9 Å². The van der Waals surface area contributed by atoms with Crippen LogP contribution in [0, 0.1) is 0 Å². The van der Waals surface area contributed by atoms with Crippen LogP contribution < -0.4 is 0 Å². The van der Waals surface area contributed by atoms with Gasteiger partial charge in [0.05, 0.1) is 12.9 Å². The Labute approximate surface area is 94.0 Å². The van der Waals surface area contributed by atoms with Crippen molar-refractivity contribution in [2.45, 2.75) is 6.61 Å². The molecular weight excluding hydrogens is 226 g/mol. The standard InChI is InChI=1S/C11H11NO3S/c1-16(13,14)15-8-9-2-3-11-7-12-5-4-10(11)6-9/h2-7H,8H2,1H3. The summed E-state index contributed by atoms with van der Waals surface area (Å²) in [6, 6.07) is 7.49. The Balaban J connectivity index is 2.26. The summed E-state index contributed by atoms with van der Waals surface area (Å²) in [5, 5.41) is 2.04. The van der Waals surface area contributed by atoms with Crippen molar-refractivity contribution < 1.29 is 12.6 Å². The van der Waals surface area contributed by atoms with Gasteiger partial charge in [-0.25, -0.2) is 0 Å². The van der Waals surface area contributed by atoms with E-state index >= 15 is 0 Å². The zero-order valence-electron chi connectivity index (χ0n) is 8.75. The Hall–Kier alpha value is -1.46. The quantitative estimate of drug-likeness (QED) is 0.762. The summed E-state index contributed by atoms with van der Waals surface area (Å²) in [6.45, 7) is 0.0666. The highest BCUT2D eigenvalue weighted by Gasteiger charge is 2.03. The maximum absolute atomic E-state index is 10.8. The van der Waals surface area contributed by atoms with E-state index in [1.165, 1.54) is 0 Å². The predicted molar refractivity (Wildman–Crippen MR) is 61.4 cm³/mol. The highest BCUT2D eigenvalue weighted by molar-refractivity contribution is 7.85. The van der Waals surface area contributed by atoms with Gasteiger partial charge in [-0.1, -0.05) is 12.1 Å². The molecule has 5 heteroatoms. The molecule has 0 atom stereocenters. The lowest BCUT2D eigenvalue weighted by molar-refractivity contribution is 0.312. The van der Waals surface area contributed by atoms with Gasteiger partial charge in [0.1, 0.15) is 0 Å². The van der Waals surface area contributed by atoms with Crippen LogP contribution in [0.2, 0.25) is 0 Å². The molecule has 0 N–H and O–H groups in total. The molecule has 1 aromatic heterocycles. The molecule has 1 aromatic carbocycles. The van der Waals surface area contributed by atoms with Gasteiger partial charge >= 0.3 is 0 Å². The summed E-state index contributed by atoms with van der Waals surface area (Å²) in [7, 11) is -3.39. The topological polar surface area (TPSA) is 56.3 Å². The maximum Gasteiger partial charge on any atom is 0.264 e. The summed E-state index contributed by atoms with van der Waals surface area (Å²) in [6.07, 6.45) is 4.50. The Morgan fingerprint density at radius 3 is 2.81 bits per heavy atom. The van der Waals surface area contributed by atoms with E-state index in [2.05, 4.69) is 4.98 Å². The molecule has 0 radical (unpaired) electrons.